The van der Waals surface area contributed by atoms with Crippen LogP contribution in [0.5, 0.6) is 0 Å². The van der Waals surface area contributed by atoms with E-state index in [1.165, 1.54) is 51.6 Å². The molecule has 6 heteroatoms. The van der Waals surface area contributed by atoms with E-state index in [2.05, 4.69) is 15.2 Å². The first-order valence-corrected chi connectivity index (χ1v) is 9.32. The second-order valence-corrected chi connectivity index (χ2v) is 7.02. The van der Waals surface area contributed by atoms with Crippen LogP contribution in [-0.4, -0.2) is 64.5 Å². The summed E-state index contributed by atoms with van der Waals surface area (Å²) in [6.07, 6.45) is 10.6. The number of nitrogens with one attached hydrogen (secondary N) is 1. The van der Waals surface area contributed by atoms with Gasteiger partial charge in [-0.3, -0.25) is 4.99 Å². The number of unbranched alkanes of at least 4 members (excludes halogenated alkanes) is 1. The molecule has 1 spiro atoms. The van der Waals surface area contributed by atoms with Crippen LogP contribution >= 0.6 is 24.0 Å². The van der Waals surface area contributed by atoms with Crippen molar-refractivity contribution in [1.82, 2.24) is 10.2 Å². The third-order valence-electron chi connectivity index (χ3n) is 5.29. The van der Waals surface area contributed by atoms with Gasteiger partial charge < -0.3 is 19.7 Å². The van der Waals surface area contributed by atoms with Crippen LogP contribution in [0.2, 0.25) is 0 Å². The number of aliphatic imine (C=N–C) groups is 1. The predicted molar refractivity (Wildman–Crippen MR) is 110 cm³/mol. The van der Waals surface area contributed by atoms with Crippen LogP contribution < -0.4 is 5.32 Å². The van der Waals surface area contributed by atoms with Crippen LogP contribution in [0.3, 0.4) is 0 Å². The predicted octanol–water partition coefficient (Wildman–Crippen LogP) is 3.28. The summed E-state index contributed by atoms with van der Waals surface area (Å²) in [6, 6.07) is 0. The van der Waals surface area contributed by atoms with Gasteiger partial charge in [0.2, 0.25) is 0 Å². The maximum atomic E-state index is 5.49. The van der Waals surface area contributed by atoms with E-state index in [0.717, 1.165) is 32.0 Å². The Kier molecular flexibility index (Phi) is 11.3. The monoisotopic (exact) mass is 453 g/mol. The van der Waals surface area contributed by atoms with Crippen LogP contribution in [0, 0.1) is 5.41 Å². The van der Waals surface area contributed by atoms with Gasteiger partial charge in [-0.2, -0.15) is 0 Å². The molecule has 1 saturated carbocycles. The van der Waals surface area contributed by atoms with Gasteiger partial charge in [0, 0.05) is 40.4 Å². The molecule has 1 saturated heterocycles. The third kappa shape index (κ3) is 7.04. The fraction of sp³-hybridized carbons (Fsp3) is 0.944. The topological polar surface area (TPSA) is 46.1 Å². The van der Waals surface area contributed by atoms with Crippen molar-refractivity contribution >= 4 is 29.9 Å². The summed E-state index contributed by atoms with van der Waals surface area (Å²) in [5.74, 6) is 1.09. The largest absolute Gasteiger partial charge is 0.382 e. The van der Waals surface area contributed by atoms with Gasteiger partial charge >= 0.3 is 0 Å². The van der Waals surface area contributed by atoms with Crippen LogP contribution in [0.25, 0.3) is 0 Å². The molecule has 0 unspecified atom stereocenters. The lowest BCUT2D eigenvalue weighted by atomic mass is 9.73. The highest BCUT2D eigenvalue weighted by molar-refractivity contribution is 14.0. The Bertz CT molecular complexity index is 360. The van der Waals surface area contributed by atoms with Crippen LogP contribution in [0.15, 0.2) is 4.99 Å². The number of likely N-dealkylation sites (tertiary alicyclic amines) is 1. The molecular formula is C18H36IN3O2. The number of rotatable bonds is 8. The highest BCUT2D eigenvalue weighted by atomic mass is 127. The summed E-state index contributed by atoms with van der Waals surface area (Å²) < 4.78 is 10.5. The fourth-order valence-electron chi connectivity index (χ4n) is 3.93. The van der Waals surface area contributed by atoms with Gasteiger partial charge in [-0.1, -0.05) is 19.3 Å². The lowest BCUT2D eigenvalue weighted by molar-refractivity contribution is 0.0689. The zero-order chi connectivity index (χ0) is 16.4. The smallest absolute Gasteiger partial charge is 0.193 e. The standard InChI is InChI=1S/C18H35N3O2.HI/c1-19-17(20-11-6-7-13-23-15-14-22-2)21-12-10-18(16-21)8-4-3-5-9-18;/h3-16H2,1-2H3,(H,19,20);1H. The molecule has 1 aliphatic carbocycles. The molecule has 2 fully saturated rings. The van der Waals surface area contributed by atoms with Crippen molar-refractivity contribution < 1.29 is 9.47 Å². The molecule has 1 N–H and O–H groups in total. The van der Waals surface area contributed by atoms with Gasteiger partial charge in [0.05, 0.1) is 13.2 Å². The number of nitrogens with zero attached hydrogens (tertiary/aromatic N) is 2. The van der Waals surface area contributed by atoms with E-state index >= 15 is 0 Å². The maximum Gasteiger partial charge on any atom is 0.193 e. The SMILES string of the molecule is CN=C(NCCCCOCCOC)N1CCC2(CCCCC2)C1.I. The van der Waals surface area contributed by atoms with Gasteiger partial charge in [0.25, 0.3) is 0 Å². The van der Waals surface area contributed by atoms with Crippen molar-refractivity contribution in [2.24, 2.45) is 10.4 Å². The minimum atomic E-state index is 0. The summed E-state index contributed by atoms with van der Waals surface area (Å²) in [5, 5.41) is 3.53. The van der Waals surface area contributed by atoms with Crippen molar-refractivity contribution in [2.45, 2.75) is 51.4 Å². The average molecular weight is 453 g/mol. The molecule has 5 nitrogen and oxygen atoms in total. The fourth-order valence-corrected chi connectivity index (χ4v) is 3.93. The van der Waals surface area contributed by atoms with Crippen molar-refractivity contribution in [3.63, 3.8) is 0 Å². The normalized spacial score (nSPS) is 20.2. The number of guanidine groups is 1. The summed E-state index contributed by atoms with van der Waals surface area (Å²) >= 11 is 0. The second kappa shape index (κ2) is 12.3. The molecule has 0 aromatic carbocycles. The van der Waals surface area contributed by atoms with Gasteiger partial charge in [0.1, 0.15) is 0 Å². The van der Waals surface area contributed by atoms with Crippen molar-refractivity contribution in [3.05, 3.63) is 0 Å². The summed E-state index contributed by atoms with van der Waals surface area (Å²) in [5.41, 5.74) is 0.588. The highest BCUT2D eigenvalue weighted by Crippen LogP contribution is 2.43. The van der Waals surface area contributed by atoms with E-state index in [1.807, 2.05) is 7.05 Å². The number of methoxy groups -OCH3 is 1. The van der Waals surface area contributed by atoms with E-state index < -0.39 is 0 Å². The Morgan fingerprint density at radius 1 is 1.08 bits per heavy atom. The van der Waals surface area contributed by atoms with Gasteiger partial charge in [0.15, 0.2) is 5.96 Å². The number of hydrogen-bond donors (Lipinski definition) is 1. The molecule has 142 valence electrons. The molecule has 0 radical (unpaired) electrons. The second-order valence-electron chi connectivity index (χ2n) is 7.02. The quantitative estimate of drug-likeness (QED) is 0.265. The molecule has 2 rings (SSSR count). The zero-order valence-corrected chi connectivity index (χ0v) is 17.8. The molecule has 1 aliphatic heterocycles. The van der Waals surface area contributed by atoms with Crippen molar-refractivity contribution in [3.8, 4) is 0 Å². The minimum absolute atomic E-state index is 0. The molecule has 0 bridgehead atoms. The molecule has 24 heavy (non-hydrogen) atoms. The Balaban J connectivity index is 0.00000288. The highest BCUT2D eigenvalue weighted by Gasteiger charge is 2.39. The first-order chi connectivity index (χ1) is 11.3. The Hall–Kier alpha value is -0.0800. The summed E-state index contributed by atoms with van der Waals surface area (Å²) in [7, 11) is 3.61. The molecule has 0 aromatic rings. The zero-order valence-electron chi connectivity index (χ0n) is 15.5. The van der Waals surface area contributed by atoms with Crippen molar-refractivity contribution in [2.75, 3.05) is 53.6 Å². The minimum Gasteiger partial charge on any atom is -0.382 e. The van der Waals surface area contributed by atoms with E-state index in [4.69, 9.17) is 9.47 Å². The molecule has 0 aromatic heterocycles. The van der Waals surface area contributed by atoms with E-state index in [0.29, 0.717) is 18.6 Å². The molecule has 0 amide bonds. The summed E-state index contributed by atoms with van der Waals surface area (Å²) in [6.45, 7) is 5.54. The van der Waals surface area contributed by atoms with Crippen molar-refractivity contribution in [1.29, 1.82) is 0 Å². The van der Waals surface area contributed by atoms with E-state index in [9.17, 15) is 0 Å². The van der Waals surface area contributed by atoms with E-state index in [1.54, 1.807) is 7.11 Å². The number of ether oxygens (including phenoxy) is 2. The first kappa shape index (κ1) is 22.0. The number of halogens is 1. The van der Waals surface area contributed by atoms with Gasteiger partial charge in [-0.05, 0) is 37.5 Å². The Morgan fingerprint density at radius 2 is 1.88 bits per heavy atom. The van der Waals surface area contributed by atoms with Crippen LogP contribution in [0.4, 0.5) is 0 Å². The lowest BCUT2D eigenvalue weighted by Gasteiger charge is -2.33. The molecule has 2 aliphatic rings. The third-order valence-corrected chi connectivity index (χ3v) is 5.29. The summed E-state index contributed by atoms with van der Waals surface area (Å²) in [4.78, 5) is 6.96. The molecular weight excluding hydrogens is 417 g/mol. The lowest BCUT2D eigenvalue weighted by Crippen LogP contribution is -2.42. The maximum absolute atomic E-state index is 5.49. The molecule has 0 atom stereocenters. The Morgan fingerprint density at radius 3 is 2.58 bits per heavy atom. The first-order valence-electron chi connectivity index (χ1n) is 9.32. The van der Waals surface area contributed by atoms with Crippen LogP contribution in [0.1, 0.15) is 51.4 Å². The molecule has 1 heterocycles. The van der Waals surface area contributed by atoms with E-state index in [-0.39, 0.29) is 24.0 Å². The van der Waals surface area contributed by atoms with Crippen LogP contribution in [-0.2, 0) is 9.47 Å². The number of hydrogen-bond acceptors (Lipinski definition) is 3. The average Bonchev–Trinajstić information content (AvgIpc) is 2.97. The Labute approximate surface area is 165 Å². The van der Waals surface area contributed by atoms with Gasteiger partial charge in [-0.15, -0.1) is 24.0 Å². The van der Waals surface area contributed by atoms with Gasteiger partial charge in [-0.25, -0.2) is 0 Å².